The van der Waals surface area contributed by atoms with Crippen LogP contribution in [0.15, 0.2) is 24.3 Å². The molecule has 1 nitrogen and oxygen atoms in total. The third kappa shape index (κ3) is 1.88. The van der Waals surface area contributed by atoms with Crippen LogP contribution in [0.4, 0.5) is 0 Å². The summed E-state index contributed by atoms with van der Waals surface area (Å²) in [6.45, 7) is 6.21. The summed E-state index contributed by atoms with van der Waals surface area (Å²) in [5.41, 5.74) is 5.61. The van der Waals surface area contributed by atoms with Gasteiger partial charge in [-0.15, -0.1) is 0 Å². The fraction of sp³-hybridized carbons (Fsp3) is 0.385. The second-order valence-corrected chi connectivity index (χ2v) is 3.93. The van der Waals surface area contributed by atoms with Crippen molar-refractivity contribution in [1.82, 2.24) is 5.32 Å². The van der Waals surface area contributed by atoms with Crippen molar-refractivity contribution in [2.24, 2.45) is 0 Å². The van der Waals surface area contributed by atoms with Crippen LogP contribution < -0.4 is 5.32 Å². The van der Waals surface area contributed by atoms with Gasteiger partial charge in [0.25, 0.3) is 0 Å². The second kappa shape index (κ2) is 3.97. The van der Waals surface area contributed by atoms with Gasteiger partial charge < -0.3 is 0 Å². The quantitative estimate of drug-likeness (QED) is 0.640. The Morgan fingerprint density at radius 1 is 1.21 bits per heavy atom. The molecule has 0 aliphatic carbocycles. The van der Waals surface area contributed by atoms with E-state index >= 15 is 0 Å². The van der Waals surface area contributed by atoms with E-state index in [-0.39, 0.29) is 0 Å². The molecular weight excluding hydrogens is 170 g/mol. The highest BCUT2D eigenvalue weighted by atomic mass is 14.8. The van der Waals surface area contributed by atoms with E-state index in [4.69, 9.17) is 0 Å². The molecule has 1 aliphatic rings. The summed E-state index contributed by atoms with van der Waals surface area (Å²) in [5, 5.41) is 4.33. The predicted octanol–water partition coefficient (Wildman–Crippen LogP) is 2.69. The second-order valence-electron chi connectivity index (χ2n) is 3.93. The van der Waals surface area contributed by atoms with Crippen molar-refractivity contribution in [2.75, 3.05) is 13.1 Å². The van der Waals surface area contributed by atoms with Crippen LogP contribution in [0.3, 0.4) is 0 Å². The van der Waals surface area contributed by atoms with Crippen LogP contribution in [0.1, 0.15) is 23.1 Å². The lowest BCUT2D eigenvalue weighted by atomic mass is 9.95. The van der Waals surface area contributed by atoms with Crippen LogP contribution in [-0.2, 0) is 0 Å². The van der Waals surface area contributed by atoms with Gasteiger partial charge >= 0.3 is 0 Å². The minimum absolute atomic E-state index is 0.892. The Labute approximate surface area is 85.8 Å². The van der Waals surface area contributed by atoms with Crippen molar-refractivity contribution in [2.45, 2.75) is 20.3 Å². The molecule has 0 aromatic heterocycles. The van der Waals surface area contributed by atoms with Crippen molar-refractivity contribution in [3.05, 3.63) is 41.0 Å². The SMILES string of the molecule is Cc1ccc(C)c(C2=CC[N]CC2)c1. The predicted molar refractivity (Wildman–Crippen MR) is 60.4 cm³/mol. The minimum atomic E-state index is 0.892. The van der Waals surface area contributed by atoms with E-state index in [9.17, 15) is 0 Å². The summed E-state index contributed by atoms with van der Waals surface area (Å²) in [7, 11) is 0. The zero-order chi connectivity index (χ0) is 9.97. The van der Waals surface area contributed by atoms with Crippen molar-refractivity contribution < 1.29 is 0 Å². The van der Waals surface area contributed by atoms with E-state index in [2.05, 4.69) is 43.4 Å². The normalized spacial score (nSPS) is 16.6. The minimum Gasteiger partial charge on any atom is -0.237 e. The first-order chi connectivity index (χ1) is 6.77. The van der Waals surface area contributed by atoms with Gasteiger partial charge in [0.1, 0.15) is 0 Å². The molecule has 14 heavy (non-hydrogen) atoms. The van der Waals surface area contributed by atoms with Crippen molar-refractivity contribution in [3.8, 4) is 0 Å². The van der Waals surface area contributed by atoms with Gasteiger partial charge in [-0.25, -0.2) is 5.32 Å². The van der Waals surface area contributed by atoms with Crippen LogP contribution in [0.2, 0.25) is 0 Å². The number of aryl methyl sites for hydroxylation is 2. The van der Waals surface area contributed by atoms with Gasteiger partial charge in [-0.05, 0) is 37.0 Å². The lowest BCUT2D eigenvalue weighted by molar-refractivity contribution is 0.723. The maximum atomic E-state index is 4.33. The number of benzene rings is 1. The molecule has 1 aromatic carbocycles. The Kier molecular flexibility index (Phi) is 2.69. The Balaban J connectivity index is 2.39. The van der Waals surface area contributed by atoms with Crippen LogP contribution in [0, 0.1) is 13.8 Å². The molecule has 0 spiro atoms. The zero-order valence-corrected chi connectivity index (χ0v) is 8.88. The van der Waals surface area contributed by atoms with E-state index in [1.807, 2.05) is 0 Å². The summed E-state index contributed by atoms with van der Waals surface area (Å²) in [4.78, 5) is 0. The van der Waals surface area contributed by atoms with Gasteiger partial charge in [0.15, 0.2) is 0 Å². The molecule has 1 heterocycles. The average molecular weight is 186 g/mol. The molecule has 0 N–H and O–H groups in total. The highest BCUT2D eigenvalue weighted by Crippen LogP contribution is 2.24. The van der Waals surface area contributed by atoms with Crippen molar-refractivity contribution in [3.63, 3.8) is 0 Å². The summed E-state index contributed by atoms with van der Waals surface area (Å²) in [6, 6.07) is 6.66. The largest absolute Gasteiger partial charge is 0.237 e. The average Bonchev–Trinajstić information content (AvgIpc) is 2.23. The Morgan fingerprint density at radius 3 is 2.79 bits per heavy atom. The molecule has 1 aromatic rings. The topological polar surface area (TPSA) is 14.1 Å². The number of rotatable bonds is 1. The van der Waals surface area contributed by atoms with Crippen molar-refractivity contribution in [1.29, 1.82) is 0 Å². The third-order valence-electron chi connectivity index (χ3n) is 2.75. The van der Waals surface area contributed by atoms with Gasteiger partial charge in [-0.2, -0.15) is 0 Å². The van der Waals surface area contributed by atoms with Crippen LogP contribution in [-0.4, -0.2) is 13.1 Å². The molecule has 0 saturated heterocycles. The van der Waals surface area contributed by atoms with E-state index < -0.39 is 0 Å². The van der Waals surface area contributed by atoms with Gasteiger partial charge in [0.05, 0.1) is 0 Å². The number of hydrogen-bond donors (Lipinski definition) is 0. The summed E-state index contributed by atoms with van der Waals surface area (Å²) < 4.78 is 0. The zero-order valence-electron chi connectivity index (χ0n) is 8.88. The van der Waals surface area contributed by atoms with E-state index in [1.165, 1.54) is 22.3 Å². The van der Waals surface area contributed by atoms with Crippen molar-refractivity contribution >= 4 is 5.57 Å². The third-order valence-corrected chi connectivity index (χ3v) is 2.75. The summed E-state index contributed by atoms with van der Waals surface area (Å²) >= 11 is 0. The molecule has 0 bridgehead atoms. The van der Waals surface area contributed by atoms with Gasteiger partial charge in [0.2, 0.25) is 0 Å². The molecule has 0 fully saturated rings. The molecule has 1 heteroatoms. The highest BCUT2D eigenvalue weighted by molar-refractivity contribution is 5.69. The lowest BCUT2D eigenvalue weighted by Gasteiger charge is -2.15. The molecule has 73 valence electrons. The summed E-state index contributed by atoms with van der Waals surface area (Å²) in [5.74, 6) is 0. The molecule has 1 radical (unpaired) electrons. The molecule has 1 aliphatic heterocycles. The smallest absolute Gasteiger partial charge is 0.0320 e. The lowest BCUT2D eigenvalue weighted by Crippen LogP contribution is -2.13. The van der Waals surface area contributed by atoms with Gasteiger partial charge in [-0.3, -0.25) is 0 Å². The maximum absolute atomic E-state index is 4.33. The maximum Gasteiger partial charge on any atom is 0.0320 e. The number of hydrogen-bond acceptors (Lipinski definition) is 0. The first kappa shape index (κ1) is 9.47. The van der Waals surface area contributed by atoms with E-state index in [0.29, 0.717) is 0 Å². The highest BCUT2D eigenvalue weighted by Gasteiger charge is 2.08. The Morgan fingerprint density at radius 2 is 2.07 bits per heavy atom. The monoisotopic (exact) mass is 186 g/mol. The van der Waals surface area contributed by atoms with Crippen LogP contribution in [0.25, 0.3) is 5.57 Å². The molecule has 2 rings (SSSR count). The molecule has 0 unspecified atom stereocenters. The summed E-state index contributed by atoms with van der Waals surface area (Å²) in [6.07, 6.45) is 3.36. The molecule has 0 amide bonds. The van der Waals surface area contributed by atoms with E-state index in [0.717, 1.165) is 19.5 Å². The fourth-order valence-electron chi connectivity index (χ4n) is 1.89. The van der Waals surface area contributed by atoms with Crippen LogP contribution in [0.5, 0.6) is 0 Å². The molecule has 0 saturated carbocycles. The van der Waals surface area contributed by atoms with Gasteiger partial charge in [0, 0.05) is 13.1 Å². The number of nitrogens with zero attached hydrogens (tertiary/aromatic N) is 1. The Bertz CT molecular complexity index is 363. The molecular formula is C13H16N. The molecule has 0 atom stereocenters. The standard InChI is InChI=1S/C13H16N/c1-10-3-4-11(2)13(9-10)12-5-7-14-8-6-12/h3-5,9H,6-8H2,1-2H3. The van der Waals surface area contributed by atoms with Crippen LogP contribution >= 0.6 is 0 Å². The van der Waals surface area contributed by atoms with E-state index in [1.54, 1.807) is 0 Å². The Hall–Kier alpha value is -1.08. The first-order valence-electron chi connectivity index (χ1n) is 5.17. The fourth-order valence-corrected chi connectivity index (χ4v) is 1.89. The first-order valence-corrected chi connectivity index (χ1v) is 5.17. The van der Waals surface area contributed by atoms with Gasteiger partial charge in [-0.1, -0.05) is 29.8 Å².